The number of hydrogen-bond donors (Lipinski definition) is 0. The predicted molar refractivity (Wildman–Crippen MR) is 136 cm³/mol. The molecule has 2 aromatic rings. The van der Waals surface area contributed by atoms with E-state index in [2.05, 4.69) is 52.6 Å². The number of allylic oxidation sites excluding steroid dienone is 1. The number of carbonyl (C=O) groups is 1. The van der Waals surface area contributed by atoms with Crippen molar-refractivity contribution in [2.45, 2.75) is 82.8 Å². The zero-order chi connectivity index (χ0) is 21.9. The van der Waals surface area contributed by atoms with Crippen LogP contribution >= 0.6 is 11.8 Å². The second-order valence-electron chi connectivity index (χ2n) is 9.32. The van der Waals surface area contributed by atoms with E-state index in [0.717, 1.165) is 47.9 Å². The summed E-state index contributed by atoms with van der Waals surface area (Å²) in [6, 6.07) is 9.08. The highest BCUT2D eigenvalue weighted by atomic mass is 32.2. The molecule has 1 aliphatic heterocycles. The summed E-state index contributed by atoms with van der Waals surface area (Å²) in [4.78, 5) is 21.7. The van der Waals surface area contributed by atoms with E-state index < -0.39 is 0 Å². The van der Waals surface area contributed by atoms with Gasteiger partial charge in [-0.1, -0.05) is 62.8 Å². The topological polar surface area (TPSA) is 37.6 Å². The molecule has 0 radical (unpaired) electrons. The maximum atomic E-state index is 13.7. The zero-order valence-electron chi connectivity index (χ0n) is 18.8. The Bertz CT molecular complexity index is 1050. The molecule has 1 amide bonds. The van der Waals surface area contributed by atoms with Gasteiger partial charge in [-0.3, -0.25) is 14.7 Å². The van der Waals surface area contributed by atoms with Crippen molar-refractivity contribution in [2.75, 3.05) is 0 Å². The van der Waals surface area contributed by atoms with Gasteiger partial charge in [0.1, 0.15) is 0 Å². The lowest BCUT2D eigenvalue weighted by Crippen LogP contribution is -2.41. The summed E-state index contributed by atoms with van der Waals surface area (Å²) in [5.74, 6) is 0.150. The van der Waals surface area contributed by atoms with Crippen molar-refractivity contribution in [1.29, 1.82) is 0 Å². The summed E-state index contributed by atoms with van der Waals surface area (Å²) >= 11 is 1.60. The van der Waals surface area contributed by atoms with E-state index in [1.54, 1.807) is 11.8 Å². The highest BCUT2D eigenvalue weighted by Gasteiger charge is 2.39. The van der Waals surface area contributed by atoms with Crippen LogP contribution in [0.5, 0.6) is 0 Å². The van der Waals surface area contributed by atoms with Crippen LogP contribution in [0.25, 0.3) is 17.0 Å². The average Bonchev–Trinajstić information content (AvgIpc) is 3.33. The number of rotatable bonds is 5. The number of para-hydroxylation sites is 1. The summed E-state index contributed by atoms with van der Waals surface area (Å²) in [6.07, 6.45) is 18.2. The van der Waals surface area contributed by atoms with Crippen LogP contribution in [-0.2, 0) is 11.3 Å². The third-order valence-electron chi connectivity index (χ3n) is 7.08. The van der Waals surface area contributed by atoms with Crippen LogP contribution in [0.1, 0.15) is 69.8 Å². The zero-order valence-corrected chi connectivity index (χ0v) is 19.7. The van der Waals surface area contributed by atoms with Crippen molar-refractivity contribution in [1.82, 2.24) is 9.47 Å². The van der Waals surface area contributed by atoms with Gasteiger partial charge in [-0.2, -0.15) is 0 Å². The molecular formula is C27H33N3OS. The van der Waals surface area contributed by atoms with Crippen LogP contribution in [0.3, 0.4) is 0 Å². The van der Waals surface area contributed by atoms with Gasteiger partial charge in [-0.05, 0) is 49.6 Å². The molecule has 0 atom stereocenters. The minimum atomic E-state index is 0.150. The number of carbonyl (C=O) groups excluding carboxylic acids is 1. The van der Waals surface area contributed by atoms with Crippen LogP contribution in [0.2, 0.25) is 0 Å². The first-order valence-corrected chi connectivity index (χ1v) is 13.1. The van der Waals surface area contributed by atoms with Gasteiger partial charge >= 0.3 is 0 Å². The van der Waals surface area contributed by atoms with Crippen molar-refractivity contribution >= 4 is 39.8 Å². The smallest absolute Gasteiger partial charge is 0.267 e. The van der Waals surface area contributed by atoms with Crippen LogP contribution < -0.4 is 0 Å². The fourth-order valence-corrected chi connectivity index (χ4v) is 6.53. The number of amides is 1. The number of thioether (sulfide) groups is 1. The molecule has 0 spiro atoms. The third kappa shape index (κ3) is 4.32. The Morgan fingerprint density at radius 1 is 1.03 bits per heavy atom. The molecule has 1 aromatic heterocycles. The molecule has 1 saturated heterocycles. The van der Waals surface area contributed by atoms with E-state index in [1.807, 2.05) is 6.08 Å². The molecule has 2 saturated carbocycles. The van der Waals surface area contributed by atoms with Crippen LogP contribution in [0.15, 0.2) is 53.0 Å². The highest BCUT2D eigenvalue weighted by Crippen LogP contribution is 2.39. The van der Waals surface area contributed by atoms with Gasteiger partial charge in [0.15, 0.2) is 5.17 Å². The van der Waals surface area contributed by atoms with Gasteiger partial charge in [0.2, 0.25) is 0 Å². The summed E-state index contributed by atoms with van der Waals surface area (Å²) in [6.45, 7) is 4.65. The lowest BCUT2D eigenvalue weighted by atomic mass is 9.94. The summed E-state index contributed by atoms with van der Waals surface area (Å²) < 4.78 is 2.20. The monoisotopic (exact) mass is 447 g/mol. The first-order chi connectivity index (χ1) is 15.7. The maximum absolute atomic E-state index is 13.7. The molecule has 168 valence electrons. The van der Waals surface area contributed by atoms with Crippen molar-refractivity contribution in [3.63, 3.8) is 0 Å². The molecule has 1 aromatic carbocycles. The van der Waals surface area contributed by atoms with Gasteiger partial charge < -0.3 is 4.57 Å². The lowest BCUT2D eigenvalue weighted by Gasteiger charge is -2.31. The molecule has 4 nitrogen and oxygen atoms in total. The fraction of sp³-hybridized carbons (Fsp3) is 0.481. The van der Waals surface area contributed by atoms with Gasteiger partial charge in [-0.15, -0.1) is 6.58 Å². The highest BCUT2D eigenvalue weighted by molar-refractivity contribution is 8.18. The molecule has 32 heavy (non-hydrogen) atoms. The van der Waals surface area contributed by atoms with Gasteiger partial charge in [0.05, 0.1) is 10.9 Å². The minimum Gasteiger partial charge on any atom is -0.343 e. The average molecular weight is 448 g/mol. The number of hydrogen-bond acceptors (Lipinski definition) is 3. The molecule has 3 aliphatic rings. The number of benzene rings is 1. The third-order valence-corrected chi connectivity index (χ3v) is 8.07. The van der Waals surface area contributed by atoms with Gasteiger partial charge in [-0.25, -0.2) is 0 Å². The quantitative estimate of drug-likeness (QED) is 0.375. The summed E-state index contributed by atoms with van der Waals surface area (Å²) in [5.41, 5.74) is 2.27. The maximum Gasteiger partial charge on any atom is 0.267 e. The molecule has 0 unspecified atom stereocenters. The molecule has 2 aliphatic carbocycles. The van der Waals surface area contributed by atoms with E-state index in [9.17, 15) is 4.79 Å². The fourth-order valence-electron chi connectivity index (χ4n) is 5.43. The van der Waals surface area contributed by atoms with Crippen molar-refractivity contribution < 1.29 is 4.79 Å². The number of amidine groups is 1. The Kier molecular flexibility index (Phi) is 6.54. The Labute approximate surface area is 195 Å². The molecule has 3 fully saturated rings. The summed E-state index contributed by atoms with van der Waals surface area (Å²) in [7, 11) is 0. The number of aliphatic imine (C=N–C) groups is 1. The SMILES string of the molecule is C=CCn1cc(C=C2SC(=NC3CCCCC3)N(C3CCCCC3)C2=O)c2ccccc21. The predicted octanol–water partition coefficient (Wildman–Crippen LogP) is 6.77. The molecular weight excluding hydrogens is 414 g/mol. The first kappa shape index (κ1) is 21.6. The largest absolute Gasteiger partial charge is 0.343 e. The minimum absolute atomic E-state index is 0.150. The second-order valence-corrected chi connectivity index (χ2v) is 10.3. The van der Waals surface area contributed by atoms with Gasteiger partial charge in [0.25, 0.3) is 5.91 Å². The first-order valence-electron chi connectivity index (χ1n) is 12.2. The second kappa shape index (κ2) is 9.70. The van der Waals surface area contributed by atoms with Crippen molar-refractivity contribution in [2.24, 2.45) is 4.99 Å². The normalized spacial score (nSPS) is 23.6. The Balaban J connectivity index is 1.51. The Hall–Kier alpha value is -2.27. The van der Waals surface area contributed by atoms with E-state index in [-0.39, 0.29) is 5.91 Å². The van der Waals surface area contributed by atoms with Gasteiger partial charge in [0, 0.05) is 35.2 Å². The molecule has 5 rings (SSSR count). The van der Waals surface area contributed by atoms with E-state index >= 15 is 0 Å². The Morgan fingerprint density at radius 2 is 1.75 bits per heavy atom. The van der Waals surface area contributed by atoms with E-state index in [0.29, 0.717) is 12.1 Å². The van der Waals surface area contributed by atoms with Crippen LogP contribution in [0.4, 0.5) is 0 Å². The number of nitrogens with zero attached hydrogens (tertiary/aromatic N) is 3. The van der Waals surface area contributed by atoms with Crippen molar-refractivity contribution in [3.05, 3.63) is 53.6 Å². The number of aromatic nitrogens is 1. The van der Waals surface area contributed by atoms with E-state index in [4.69, 9.17) is 4.99 Å². The van der Waals surface area contributed by atoms with Crippen LogP contribution in [0, 0.1) is 0 Å². The van der Waals surface area contributed by atoms with Crippen LogP contribution in [-0.4, -0.2) is 32.6 Å². The molecule has 0 bridgehead atoms. The van der Waals surface area contributed by atoms with E-state index in [1.165, 1.54) is 49.4 Å². The molecule has 2 heterocycles. The Morgan fingerprint density at radius 3 is 2.50 bits per heavy atom. The number of fused-ring (bicyclic) bond motifs is 1. The summed E-state index contributed by atoms with van der Waals surface area (Å²) in [5, 5.41) is 2.13. The van der Waals surface area contributed by atoms with Crippen molar-refractivity contribution in [3.8, 4) is 0 Å². The lowest BCUT2D eigenvalue weighted by molar-refractivity contribution is -0.124. The molecule has 0 N–H and O–H groups in total. The molecule has 5 heteroatoms. The standard InChI is InChI=1S/C27H33N3OS/c1-2-17-29-19-20(23-15-9-10-16-24(23)29)18-25-26(31)30(22-13-7-4-8-14-22)27(32-25)28-21-11-5-3-6-12-21/h2,9-10,15-16,18-19,21-22H,1,3-8,11-14,17H2.